The molecule has 0 fully saturated rings. The van der Waals surface area contributed by atoms with Crippen LogP contribution in [0.3, 0.4) is 0 Å². The molecule has 8 nitrogen and oxygen atoms in total. The van der Waals surface area contributed by atoms with Crippen molar-refractivity contribution in [2.45, 2.75) is 20.4 Å². The lowest BCUT2D eigenvalue weighted by Crippen LogP contribution is -2.13. The minimum atomic E-state index is -1.05. The number of aromatic carboxylic acids is 1. The molecule has 4 aromatic rings. The SMILES string of the molecule is CCOc1cc(-c2cc(NCCn3c(C)cc4c(OC)ccc(F)c43)ncn2)ccc1C(=O)O. The van der Waals surface area contributed by atoms with Crippen LogP contribution in [0.5, 0.6) is 11.5 Å². The highest BCUT2D eigenvalue weighted by Crippen LogP contribution is 2.31. The summed E-state index contributed by atoms with van der Waals surface area (Å²) < 4.78 is 27.3. The minimum Gasteiger partial charge on any atom is -0.496 e. The zero-order valence-corrected chi connectivity index (χ0v) is 19.1. The fourth-order valence-electron chi connectivity index (χ4n) is 3.95. The van der Waals surface area contributed by atoms with Crippen molar-refractivity contribution in [1.29, 1.82) is 0 Å². The van der Waals surface area contributed by atoms with Crippen molar-refractivity contribution < 1.29 is 23.8 Å². The van der Waals surface area contributed by atoms with Crippen molar-refractivity contribution in [2.75, 3.05) is 25.6 Å². The third-order valence-electron chi connectivity index (χ3n) is 5.51. The summed E-state index contributed by atoms with van der Waals surface area (Å²) in [4.78, 5) is 20.0. The van der Waals surface area contributed by atoms with E-state index < -0.39 is 5.97 Å². The van der Waals surface area contributed by atoms with Gasteiger partial charge in [-0.2, -0.15) is 0 Å². The third-order valence-corrected chi connectivity index (χ3v) is 5.51. The summed E-state index contributed by atoms with van der Waals surface area (Å²) >= 11 is 0. The van der Waals surface area contributed by atoms with Crippen molar-refractivity contribution in [2.24, 2.45) is 0 Å². The molecule has 2 aromatic heterocycles. The molecule has 0 bridgehead atoms. The van der Waals surface area contributed by atoms with Gasteiger partial charge in [0, 0.05) is 35.8 Å². The number of ether oxygens (including phenoxy) is 2. The number of hydrogen-bond acceptors (Lipinski definition) is 6. The molecule has 2 heterocycles. The molecule has 2 aromatic carbocycles. The molecule has 34 heavy (non-hydrogen) atoms. The monoisotopic (exact) mass is 464 g/mol. The summed E-state index contributed by atoms with van der Waals surface area (Å²) in [5.74, 6) is 0.155. The number of carboxylic acid groups (broad SMARTS) is 1. The normalized spacial score (nSPS) is 10.9. The predicted octanol–water partition coefficient (Wildman–Crippen LogP) is 4.76. The lowest BCUT2D eigenvalue weighted by Gasteiger charge is -2.12. The second kappa shape index (κ2) is 9.78. The Hall–Kier alpha value is -4.14. The van der Waals surface area contributed by atoms with E-state index in [1.165, 1.54) is 18.5 Å². The zero-order chi connectivity index (χ0) is 24.2. The van der Waals surface area contributed by atoms with Crippen LogP contribution in [0.15, 0.2) is 48.8 Å². The highest BCUT2D eigenvalue weighted by atomic mass is 19.1. The molecule has 0 aliphatic carbocycles. The molecular weight excluding hydrogens is 439 g/mol. The highest BCUT2D eigenvalue weighted by molar-refractivity contribution is 5.92. The summed E-state index contributed by atoms with van der Waals surface area (Å²) in [6, 6.07) is 11.6. The average molecular weight is 464 g/mol. The van der Waals surface area contributed by atoms with E-state index in [-0.39, 0.29) is 17.1 Å². The summed E-state index contributed by atoms with van der Waals surface area (Å²) in [5, 5.41) is 13.3. The molecule has 0 saturated heterocycles. The van der Waals surface area contributed by atoms with Gasteiger partial charge >= 0.3 is 5.97 Å². The van der Waals surface area contributed by atoms with Crippen LogP contribution in [0.2, 0.25) is 0 Å². The fourth-order valence-corrected chi connectivity index (χ4v) is 3.95. The van der Waals surface area contributed by atoms with Crippen molar-refractivity contribution in [3.05, 3.63) is 65.9 Å². The summed E-state index contributed by atoms with van der Waals surface area (Å²) in [6.07, 6.45) is 1.43. The van der Waals surface area contributed by atoms with Gasteiger partial charge in [-0.05, 0) is 44.2 Å². The topological polar surface area (TPSA) is 98.5 Å². The number of aromatic nitrogens is 3. The zero-order valence-electron chi connectivity index (χ0n) is 19.1. The first-order chi connectivity index (χ1) is 16.4. The van der Waals surface area contributed by atoms with E-state index in [1.807, 2.05) is 17.6 Å². The largest absolute Gasteiger partial charge is 0.496 e. The molecule has 0 amide bonds. The number of fused-ring (bicyclic) bond motifs is 1. The van der Waals surface area contributed by atoms with E-state index in [0.717, 1.165) is 11.1 Å². The van der Waals surface area contributed by atoms with E-state index >= 15 is 0 Å². The van der Waals surface area contributed by atoms with Crippen LogP contribution in [0.4, 0.5) is 10.2 Å². The Morgan fingerprint density at radius 1 is 1.15 bits per heavy atom. The molecule has 4 rings (SSSR count). The average Bonchev–Trinajstić information content (AvgIpc) is 3.16. The van der Waals surface area contributed by atoms with Crippen LogP contribution in [0, 0.1) is 12.7 Å². The van der Waals surface area contributed by atoms with Crippen molar-refractivity contribution in [3.63, 3.8) is 0 Å². The van der Waals surface area contributed by atoms with Gasteiger partial charge in [0.15, 0.2) is 0 Å². The molecule has 176 valence electrons. The minimum absolute atomic E-state index is 0.0937. The Balaban J connectivity index is 1.53. The molecule has 0 spiro atoms. The van der Waals surface area contributed by atoms with Gasteiger partial charge in [0.2, 0.25) is 0 Å². The van der Waals surface area contributed by atoms with Crippen LogP contribution in [-0.2, 0) is 6.54 Å². The Labute approximate surface area is 196 Å². The molecule has 0 radical (unpaired) electrons. The van der Waals surface area contributed by atoms with E-state index in [4.69, 9.17) is 9.47 Å². The van der Waals surface area contributed by atoms with Gasteiger partial charge in [-0.3, -0.25) is 0 Å². The second-order valence-corrected chi connectivity index (χ2v) is 7.61. The number of benzene rings is 2. The first-order valence-corrected chi connectivity index (χ1v) is 10.8. The van der Waals surface area contributed by atoms with Crippen LogP contribution in [0.1, 0.15) is 23.0 Å². The first kappa shape index (κ1) is 23.0. The smallest absolute Gasteiger partial charge is 0.339 e. The molecule has 2 N–H and O–H groups in total. The van der Waals surface area contributed by atoms with Gasteiger partial charge in [0.25, 0.3) is 0 Å². The number of anilines is 1. The van der Waals surface area contributed by atoms with Gasteiger partial charge < -0.3 is 24.5 Å². The summed E-state index contributed by atoms with van der Waals surface area (Å²) in [7, 11) is 1.57. The Kier molecular flexibility index (Phi) is 6.62. The number of rotatable bonds is 9. The molecule has 9 heteroatoms. The Morgan fingerprint density at radius 2 is 1.97 bits per heavy atom. The maximum Gasteiger partial charge on any atom is 0.339 e. The third kappa shape index (κ3) is 4.50. The van der Waals surface area contributed by atoms with Gasteiger partial charge in [0.05, 0.1) is 24.9 Å². The van der Waals surface area contributed by atoms with Gasteiger partial charge in [-0.1, -0.05) is 6.07 Å². The van der Waals surface area contributed by atoms with Crippen molar-refractivity contribution in [3.8, 4) is 22.8 Å². The van der Waals surface area contributed by atoms with E-state index in [9.17, 15) is 14.3 Å². The lowest BCUT2D eigenvalue weighted by atomic mass is 10.1. The standard InChI is InChI=1S/C25H25FN4O4/c1-4-34-22-12-16(5-6-17(22)25(31)32)20-13-23(29-14-28-20)27-9-10-30-15(2)11-18-21(33-3)8-7-19(26)24(18)30/h5-8,11-14H,4,9-10H2,1-3H3,(H,31,32)(H,27,28,29). The van der Waals surface area contributed by atoms with E-state index in [0.29, 0.717) is 48.0 Å². The van der Waals surface area contributed by atoms with Gasteiger partial charge in [0.1, 0.15) is 35.0 Å². The number of carbonyl (C=O) groups is 1. The first-order valence-electron chi connectivity index (χ1n) is 10.8. The molecule has 0 aliphatic rings. The molecule has 0 saturated carbocycles. The number of nitrogens with zero attached hydrogens (tertiary/aromatic N) is 3. The number of carboxylic acids is 1. The van der Waals surface area contributed by atoms with Crippen LogP contribution in [-0.4, -0.2) is 45.9 Å². The van der Waals surface area contributed by atoms with E-state index in [1.54, 1.807) is 38.3 Å². The molecule has 0 unspecified atom stereocenters. The van der Waals surface area contributed by atoms with Gasteiger partial charge in [-0.25, -0.2) is 19.2 Å². The van der Waals surface area contributed by atoms with Crippen LogP contribution < -0.4 is 14.8 Å². The van der Waals surface area contributed by atoms with Crippen molar-refractivity contribution in [1.82, 2.24) is 14.5 Å². The molecular formula is C25H25FN4O4. The molecule has 0 aliphatic heterocycles. The molecule has 0 atom stereocenters. The fraction of sp³-hybridized carbons (Fsp3) is 0.240. The summed E-state index contributed by atoms with van der Waals surface area (Å²) in [5.41, 5.74) is 2.85. The summed E-state index contributed by atoms with van der Waals surface area (Å²) in [6.45, 7) is 5.09. The van der Waals surface area contributed by atoms with Gasteiger partial charge in [-0.15, -0.1) is 0 Å². The number of hydrogen-bond donors (Lipinski definition) is 2. The second-order valence-electron chi connectivity index (χ2n) is 7.61. The Morgan fingerprint density at radius 3 is 2.71 bits per heavy atom. The number of nitrogens with one attached hydrogen (secondary N) is 1. The lowest BCUT2D eigenvalue weighted by molar-refractivity contribution is 0.0692. The van der Waals surface area contributed by atoms with E-state index in [2.05, 4.69) is 15.3 Å². The highest BCUT2D eigenvalue weighted by Gasteiger charge is 2.15. The Bertz CT molecular complexity index is 1350. The van der Waals surface area contributed by atoms with Crippen LogP contribution in [0.25, 0.3) is 22.2 Å². The number of aryl methyl sites for hydroxylation is 1. The predicted molar refractivity (Wildman–Crippen MR) is 127 cm³/mol. The van der Waals surface area contributed by atoms with Crippen molar-refractivity contribution >= 4 is 22.7 Å². The van der Waals surface area contributed by atoms with Crippen LogP contribution >= 0.6 is 0 Å². The number of halogens is 1. The number of methoxy groups -OCH3 is 1. The maximum atomic E-state index is 14.6. The maximum absolute atomic E-state index is 14.6. The quantitative estimate of drug-likeness (QED) is 0.368.